The Labute approximate surface area is 214 Å². The molecule has 0 saturated carbocycles. The number of anilines is 1. The molecular formula is C27H28N6O2S. The molecule has 2 aliphatic heterocycles. The van der Waals surface area contributed by atoms with Gasteiger partial charge in [0.2, 0.25) is 5.95 Å². The SMILES string of the molecule is Cc1ccc(-c2cccc(CNCC3CCN(c4nccc(/C=C5\SC(=O)NC5=O)n4)CC3)n2)cc1. The highest BCUT2D eigenvalue weighted by atomic mass is 32.2. The van der Waals surface area contributed by atoms with Gasteiger partial charge in [0, 0.05) is 31.4 Å². The predicted octanol–water partition coefficient (Wildman–Crippen LogP) is 4.18. The first kappa shape index (κ1) is 24.1. The van der Waals surface area contributed by atoms with Gasteiger partial charge in [0.15, 0.2) is 0 Å². The van der Waals surface area contributed by atoms with Crippen molar-refractivity contribution in [2.24, 2.45) is 5.92 Å². The minimum absolute atomic E-state index is 0.355. The number of nitrogens with zero attached hydrogens (tertiary/aromatic N) is 4. The molecular weight excluding hydrogens is 472 g/mol. The lowest BCUT2D eigenvalue weighted by Gasteiger charge is -2.32. The van der Waals surface area contributed by atoms with Crippen LogP contribution in [0.2, 0.25) is 0 Å². The van der Waals surface area contributed by atoms with Crippen molar-refractivity contribution in [2.75, 3.05) is 24.5 Å². The quantitative estimate of drug-likeness (QED) is 0.466. The standard InChI is InChI=1S/C27H28N6O2S/c1-18-5-7-20(8-6-18)23-4-2-3-22(30-23)17-28-16-19-10-13-33(14-11-19)26-29-12-9-21(31-26)15-24-25(34)32-27(35)36-24/h2-9,12,15,19,28H,10-11,13-14,16-17H2,1H3,(H,32,34,35)/b24-15-. The van der Waals surface area contributed by atoms with Gasteiger partial charge in [0.05, 0.1) is 22.0 Å². The molecule has 1 aromatic carbocycles. The molecule has 0 radical (unpaired) electrons. The second-order valence-corrected chi connectivity index (χ2v) is 10.1. The Balaban J connectivity index is 1.11. The monoisotopic (exact) mass is 500 g/mol. The number of aryl methyl sites for hydroxylation is 1. The number of pyridine rings is 1. The molecule has 0 unspecified atom stereocenters. The minimum atomic E-state index is -0.379. The largest absolute Gasteiger partial charge is 0.341 e. The Kier molecular flexibility index (Phi) is 7.39. The third-order valence-electron chi connectivity index (χ3n) is 6.38. The molecule has 0 atom stereocenters. The van der Waals surface area contributed by atoms with Gasteiger partial charge in [-0.1, -0.05) is 35.9 Å². The summed E-state index contributed by atoms with van der Waals surface area (Å²) in [6.07, 6.45) is 5.42. The Bertz CT molecular complexity index is 1290. The molecule has 36 heavy (non-hydrogen) atoms. The number of imide groups is 1. The van der Waals surface area contributed by atoms with Gasteiger partial charge in [-0.2, -0.15) is 0 Å². The molecule has 2 aromatic heterocycles. The third-order valence-corrected chi connectivity index (χ3v) is 7.19. The van der Waals surface area contributed by atoms with Gasteiger partial charge in [0.25, 0.3) is 11.1 Å². The van der Waals surface area contributed by atoms with Crippen molar-refractivity contribution >= 4 is 34.9 Å². The van der Waals surface area contributed by atoms with Crippen LogP contribution in [0.25, 0.3) is 17.3 Å². The maximum absolute atomic E-state index is 11.8. The highest BCUT2D eigenvalue weighted by Gasteiger charge is 2.25. The number of piperidine rings is 1. The smallest absolute Gasteiger partial charge is 0.290 e. The summed E-state index contributed by atoms with van der Waals surface area (Å²) in [7, 11) is 0. The van der Waals surface area contributed by atoms with E-state index in [9.17, 15) is 9.59 Å². The van der Waals surface area contributed by atoms with Crippen LogP contribution < -0.4 is 15.5 Å². The maximum atomic E-state index is 11.8. The van der Waals surface area contributed by atoms with E-state index in [1.165, 1.54) is 5.56 Å². The topological polar surface area (TPSA) is 100 Å². The average Bonchev–Trinajstić information content (AvgIpc) is 3.21. The van der Waals surface area contributed by atoms with E-state index in [2.05, 4.69) is 74.9 Å². The first-order chi connectivity index (χ1) is 17.5. The minimum Gasteiger partial charge on any atom is -0.341 e. The fraction of sp³-hybridized carbons (Fsp3) is 0.296. The molecule has 0 spiro atoms. The van der Waals surface area contributed by atoms with Crippen LogP contribution in [0.1, 0.15) is 29.8 Å². The number of carbonyl (C=O) groups is 2. The number of rotatable bonds is 7. The first-order valence-electron chi connectivity index (χ1n) is 12.1. The van der Waals surface area contributed by atoms with Gasteiger partial charge in [-0.05, 0) is 68.3 Å². The molecule has 2 amide bonds. The second-order valence-electron chi connectivity index (χ2n) is 9.08. The van der Waals surface area contributed by atoms with Crippen molar-refractivity contribution in [3.63, 3.8) is 0 Å². The molecule has 2 N–H and O–H groups in total. The fourth-order valence-corrected chi connectivity index (χ4v) is 5.02. The van der Waals surface area contributed by atoms with Crippen LogP contribution in [-0.2, 0) is 11.3 Å². The van der Waals surface area contributed by atoms with Crippen molar-refractivity contribution in [2.45, 2.75) is 26.3 Å². The van der Waals surface area contributed by atoms with Crippen LogP contribution in [-0.4, -0.2) is 45.7 Å². The number of thioether (sulfide) groups is 1. The molecule has 0 bridgehead atoms. The number of carbonyl (C=O) groups excluding carboxylic acids is 2. The molecule has 2 fully saturated rings. The van der Waals surface area contributed by atoms with Crippen molar-refractivity contribution in [1.29, 1.82) is 0 Å². The number of hydrogen-bond acceptors (Lipinski definition) is 8. The normalized spacial score (nSPS) is 17.6. The molecule has 0 aliphatic carbocycles. The summed E-state index contributed by atoms with van der Waals surface area (Å²) in [4.78, 5) is 39.6. The van der Waals surface area contributed by atoms with E-state index < -0.39 is 0 Å². The lowest BCUT2D eigenvalue weighted by molar-refractivity contribution is -0.115. The van der Waals surface area contributed by atoms with E-state index in [1.807, 2.05) is 0 Å². The molecule has 4 heterocycles. The van der Waals surface area contributed by atoms with Crippen LogP contribution in [0.5, 0.6) is 0 Å². The lowest BCUT2D eigenvalue weighted by atomic mass is 9.97. The zero-order valence-corrected chi connectivity index (χ0v) is 20.9. The summed E-state index contributed by atoms with van der Waals surface area (Å²) in [6, 6.07) is 16.4. The lowest BCUT2D eigenvalue weighted by Crippen LogP contribution is -2.38. The zero-order chi connectivity index (χ0) is 24.9. The van der Waals surface area contributed by atoms with Gasteiger partial charge in [0.1, 0.15) is 0 Å². The van der Waals surface area contributed by atoms with E-state index in [1.54, 1.807) is 18.3 Å². The number of amides is 2. The first-order valence-corrected chi connectivity index (χ1v) is 12.9. The molecule has 5 rings (SSSR count). The maximum Gasteiger partial charge on any atom is 0.290 e. The number of aromatic nitrogens is 3. The van der Waals surface area contributed by atoms with Crippen LogP contribution in [0.3, 0.4) is 0 Å². The van der Waals surface area contributed by atoms with Crippen molar-refractivity contribution in [3.05, 3.63) is 76.6 Å². The van der Waals surface area contributed by atoms with E-state index in [0.717, 1.165) is 67.7 Å². The zero-order valence-electron chi connectivity index (χ0n) is 20.1. The molecule has 184 valence electrons. The van der Waals surface area contributed by atoms with Crippen molar-refractivity contribution < 1.29 is 9.59 Å². The Morgan fingerprint density at radius 3 is 2.64 bits per heavy atom. The van der Waals surface area contributed by atoms with Crippen molar-refractivity contribution in [1.82, 2.24) is 25.6 Å². The predicted molar refractivity (Wildman–Crippen MR) is 142 cm³/mol. The summed E-state index contributed by atoms with van der Waals surface area (Å²) in [6.45, 7) is 5.53. The van der Waals surface area contributed by atoms with Gasteiger partial charge < -0.3 is 10.2 Å². The van der Waals surface area contributed by atoms with Gasteiger partial charge in [-0.25, -0.2) is 9.97 Å². The van der Waals surface area contributed by atoms with Crippen LogP contribution in [0.4, 0.5) is 10.7 Å². The Hall–Kier alpha value is -3.56. The van der Waals surface area contributed by atoms with Crippen LogP contribution in [0, 0.1) is 12.8 Å². The van der Waals surface area contributed by atoms with Crippen molar-refractivity contribution in [3.8, 4) is 11.3 Å². The van der Waals surface area contributed by atoms with Gasteiger partial charge in [-0.3, -0.25) is 19.9 Å². The Morgan fingerprint density at radius 2 is 1.89 bits per heavy atom. The second kappa shape index (κ2) is 11.0. The summed E-state index contributed by atoms with van der Waals surface area (Å²) < 4.78 is 0. The fourth-order valence-electron chi connectivity index (χ4n) is 4.35. The molecule has 2 saturated heterocycles. The average molecular weight is 501 g/mol. The number of hydrogen-bond donors (Lipinski definition) is 2. The number of nitrogens with one attached hydrogen (secondary N) is 2. The number of benzene rings is 1. The molecule has 8 nitrogen and oxygen atoms in total. The summed E-state index contributed by atoms with van der Waals surface area (Å²) in [5.41, 5.74) is 5.04. The van der Waals surface area contributed by atoms with E-state index in [-0.39, 0.29) is 11.1 Å². The highest BCUT2D eigenvalue weighted by Crippen LogP contribution is 2.26. The summed E-state index contributed by atoms with van der Waals surface area (Å²) in [5.74, 6) is 0.856. The summed E-state index contributed by atoms with van der Waals surface area (Å²) >= 11 is 0.892. The van der Waals surface area contributed by atoms with Crippen LogP contribution in [0.15, 0.2) is 59.6 Å². The van der Waals surface area contributed by atoms with E-state index in [4.69, 9.17) is 4.98 Å². The molecule has 3 aromatic rings. The van der Waals surface area contributed by atoms with E-state index in [0.29, 0.717) is 22.5 Å². The van der Waals surface area contributed by atoms with E-state index >= 15 is 0 Å². The Morgan fingerprint density at radius 1 is 1.08 bits per heavy atom. The third kappa shape index (κ3) is 5.98. The highest BCUT2D eigenvalue weighted by molar-refractivity contribution is 8.18. The molecule has 9 heteroatoms. The molecule has 2 aliphatic rings. The summed E-state index contributed by atoms with van der Waals surface area (Å²) in [5, 5.41) is 5.49. The van der Waals surface area contributed by atoms with Gasteiger partial charge in [-0.15, -0.1) is 0 Å². The van der Waals surface area contributed by atoms with Gasteiger partial charge >= 0.3 is 0 Å². The van der Waals surface area contributed by atoms with Crippen LogP contribution >= 0.6 is 11.8 Å².